The minimum Gasteiger partial charge on any atom is -0.361 e. The predicted molar refractivity (Wildman–Crippen MR) is 54.3 cm³/mol. The van der Waals surface area contributed by atoms with E-state index in [1.807, 2.05) is 0 Å². The number of hydrogen-bond acceptors (Lipinski definition) is 2. The molecule has 0 amide bonds. The molecule has 1 rings (SSSR count). The largest absolute Gasteiger partial charge is 0.361 e. The molecule has 11 heavy (non-hydrogen) atoms. The fourth-order valence-corrected chi connectivity index (χ4v) is 2.32. The molecule has 0 atom stereocenters. The van der Waals surface area contributed by atoms with Crippen LogP contribution >= 0.6 is 24.0 Å². The Morgan fingerprint density at radius 2 is 2.36 bits per heavy atom. The van der Waals surface area contributed by atoms with Crippen LogP contribution in [0.15, 0.2) is 11.0 Å². The molecule has 0 aromatic rings. The van der Waals surface area contributed by atoms with Crippen LogP contribution in [0.1, 0.15) is 13.8 Å². The summed E-state index contributed by atoms with van der Waals surface area (Å²) < 4.78 is 0.802. The Morgan fingerprint density at radius 1 is 1.73 bits per heavy atom. The third-order valence-electron chi connectivity index (χ3n) is 1.45. The SMILES string of the molecule is C#C/C=C1\SC(=S)NC1(C)C. The lowest BCUT2D eigenvalue weighted by Gasteiger charge is -2.17. The fraction of sp³-hybridized carbons (Fsp3) is 0.375. The van der Waals surface area contributed by atoms with Crippen LogP contribution in [0.25, 0.3) is 0 Å². The lowest BCUT2D eigenvalue weighted by Crippen LogP contribution is -2.35. The van der Waals surface area contributed by atoms with Gasteiger partial charge in [-0.2, -0.15) is 0 Å². The summed E-state index contributed by atoms with van der Waals surface area (Å²) in [5.74, 6) is 2.50. The van der Waals surface area contributed by atoms with E-state index >= 15 is 0 Å². The Labute approximate surface area is 76.6 Å². The fourth-order valence-electron chi connectivity index (χ4n) is 0.855. The van der Waals surface area contributed by atoms with Gasteiger partial charge in [-0.25, -0.2) is 0 Å². The molecule has 1 fully saturated rings. The number of terminal acetylenes is 1. The molecule has 1 N–H and O–H groups in total. The Hall–Kier alpha value is -0.460. The third-order valence-corrected chi connectivity index (χ3v) is 2.94. The van der Waals surface area contributed by atoms with Gasteiger partial charge in [0.05, 0.1) is 5.54 Å². The van der Waals surface area contributed by atoms with Crippen LogP contribution in [0.4, 0.5) is 0 Å². The summed E-state index contributed by atoms with van der Waals surface area (Å²) in [6.07, 6.45) is 6.92. The van der Waals surface area contributed by atoms with Crippen LogP contribution in [-0.2, 0) is 0 Å². The zero-order chi connectivity index (χ0) is 8.48. The van der Waals surface area contributed by atoms with Crippen molar-refractivity contribution in [1.82, 2.24) is 5.32 Å². The van der Waals surface area contributed by atoms with Crippen LogP contribution < -0.4 is 5.32 Å². The number of nitrogens with one attached hydrogen (secondary N) is 1. The lowest BCUT2D eigenvalue weighted by atomic mass is 10.1. The van der Waals surface area contributed by atoms with E-state index in [1.54, 1.807) is 6.08 Å². The molecule has 0 unspecified atom stereocenters. The minimum absolute atomic E-state index is 0.0753. The molecule has 0 bridgehead atoms. The van der Waals surface area contributed by atoms with E-state index in [-0.39, 0.29) is 5.54 Å². The van der Waals surface area contributed by atoms with Gasteiger partial charge < -0.3 is 5.32 Å². The molecule has 0 aromatic carbocycles. The minimum atomic E-state index is -0.0753. The third kappa shape index (κ3) is 1.76. The molecule has 1 aliphatic rings. The van der Waals surface area contributed by atoms with Crippen LogP contribution in [0.2, 0.25) is 0 Å². The van der Waals surface area contributed by atoms with Crippen molar-refractivity contribution in [2.24, 2.45) is 0 Å². The molecule has 0 aliphatic carbocycles. The second-order valence-electron chi connectivity index (χ2n) is 2.81. The molecule has 3 heteroatoms. The predicted octanol–water partition coefficient (Wildman–Crippen LogP) is 1.90. The van der Waals surface area contributed by atoms with Gasteiger partial charge in [-0.1, -0.05) is 29.9 Å². The quantitative estimate of drug-likeness (QED) is 0.455. The summed E-state index contributed by atoms with van der Waals surface area (Å²) >= 11 is 6.54. The summed E-state index contributed by atoms with van der Waals surface area (Å²) in [6, 6.07) is 0. The van der Waals surface area contributed by atoms with E-state index < -0.39 is 0 Å². The maximum atomic E-state index is 5.16. The summed E-state index contributed by atoms with van der Waals surface area (Å²) in [7, 11) is 0. The topological polar surface area (TPSA) is 12.0 Å². The Balaban J connectivity index is 2.93. The van der Waals surface area contributed by atoms with E-state index in [0.29, 0.717) is 0 Å². The maximum absolute atomic E-state index is 5.16. The average molecular weight is 183 g/mol. The van der Waals surface area contributed by atoms with Gasteiger partial charge in [-0.15, -0.1) is 6.42 Å². The summed E-state index contributed by atoms with van der Waals surface area (Å²) in [6.45, 7) is 4.12. The van der Waals surface area contributed by atoms with Crippen molar-refractivity contribution in [3.05, 3.63) is 11.0 Å². The molecular formula is C8H9NS2. The number of thioether (sulfide) groups is 1. The van der Waals surface area contributed by atoms with E-state index in [2.05, 4.69) is 25.1 Å². The molecular weight excluding hydrogens is 174 g/mol. The molecule has 0 radical (unpaired) electrons. The monoisotopic (exact) mass is 183 g/mol. The molecule has 0 aromatic heterocycles. The van der Waals surface area contributed by atoms with E-state index in [9.17, 15) is 0 Å². The van der Waals surface area contributed by atoms with Crippen molar-refractivity contribution < 1.29 is 0 Å². The van der Waals surface area contributed by atoms with E-state index in [0.717, 1.165) is 9.23 Å². The summed E-state index contributed by atoms with van der Waals surface area (Å²) in [5, 5.41) is 3.16. The first-order valence-corrected chi connectivity index (χ1v) is 4.45. The molecule has 0 saturated carbocycles. The molecule has 1 nitrogen and oxygen atoms in total. The second kappa shape index (κ2) is 2.88. The lowest BCUT2D eigenvalue weighted by molar-refractivity contribution is 0.584. The van der Waals surface area contributed by atoms with E-state index in [4.69, 9.17) is 18.6 Å². The van der Waals surface area contributed by atoms with Gasteiger partial charge in [0, 0.05) is 11.0 Å². The van der Waals surface area contributed by atoms with Crippen LogP contribution in [-0.4, -0.2) is 9.86 Å². The van der Waals surface area contributed by atoms with Crippen LogP contribution in [0.3, 0.4) is 0 Å². The van der Waals surface area contributed by atoms with Crippen LogP contribution in [0, 0.1) is 12.3 Å². The average Bonchev–Trinajstić information content (AvgIpc) is 2.07. The first-order chi connectivity index (χ1) is 5.06. The van der Waals surface area contributed by atoms with Gasteiger partial charge in [0.1, 0.15) is 4.32 Å². The summed E-state index contributed by atoms with van der Waals surface area (Å²) in [5.41, 5.74) is -0.0753. The highest BCUT2D eigenvalue weighted by Crippen LogP contribution is 2.34. The zero-order valence-electron chi connectivity index (χ0n) is 6.47. The van der Waals surface area contributed by atoms with E-state index in [1.165, 1.54) is 11.8 Å². The zero-order valence-corrected chi connectivity index (χ0v) is 8.10. The van der Waals surface area contributed by atoms with Crippen molar-refractivity contribution in [1.29, 1.82) is 0 Å². The molecule has 58 valence electrons. The Kier molecular flexibility index (Phi) is 2.26. The van der Waals surface area contributed by atoms with Crippen molar-refractivity contribution in [2.45, 2.75) is 19.4 Å². The van der Waals surface area contributed by atoms with Crippen molar-refractivity contribution >= 4 is 28.3 Å². The number of rotatable bonds is 0. The number of hydrogen-bond donors (Lipinski definition) is 1. The summed E-state index contributed by atoms with van der Waals surface area (Å²) in [4.78, 5) is 1.12. The maximum Gasteiger partial charge on any atom is 0.139 e. The number of allylic oxidation sites excluding steroid dienone is 1. The highest BCUT2D eigenvalue weighted by atomic mass is 32.2. The first-order valence-electron chi connectivity index (χ1n) is 3.23. The van der Waals surface area contributed by atoms with Gasteiger partial charge in [0.25, 0.3) is 0 Å². The first kappa shape index (κ1) is 8.63. The van der Waals surface area contributed by atoms with Gasteiger partial charge in [-0.3, -0.25) is 0 Å². The highest BCUT2D eigenvalue weighted by Gasteiger charge is 2.31. The number of thiocarbonyl (C=S) groups is 1. The highest BCUT2D eigenvalue weighted by molar-refractivity contribution is 8.26. The molecule has 1 heterocycles. The smallest absolute Gasteiger partial charge is 0.139 e. The van der Waals surface area contributed by atoms with Crippen molar-refractivity contribution in [3.63, 3.8) is 0 Å². The van der Waals surface area contributed by atoms with Gasteiger partial charge >= 0.3 is 0 Å². The Morgan fingerprint density at radius 3 is 2.73 bits per heavy atom. The van der Waals surface area contributed by atoms with Crippen LogP contribution in [0.5, 0.6) is 0 Å². The van der Waals surface area contributed by atoms with Gasteiger partial charge in [0.15, 0.2) is 0 Å². The second-order valence-corrected chi connectivity index (χ2v) is 4.53. The van der Waals surface area contributed by atoms with Crippen molar-refractivity contribution in [3.8, 4) is 12.3 Å². The standard InChI is InChI=1S/C8H9NS2/c1-4-5-6-8(2,3)9-7(10)11-6/h1,5H,2-3H3,(H,9,10)/b6-5-. The molecule has 1 aliphatic heterocycles. The molecule has 1 saturated heterocycles. The Bertz CT molecular complexity index is 258. The van der Waals surface area contributed by atoms with Gasteiger partial charge in [0.2, 0.25) is 0 Å². The van der Waals surface area contributed by atoms with Gasteiger partial charge in [-0.05, 0) is 13.8 Å². The van der Waals surface area contributed by atoms with Crippen molar-refractivity contribution in [2.75, 3.05) is 0 Å². The molecule has 0 spiro atoms. The normalized spacial score (nSPS) is 24.8.